The number of alkyl halides is 3. The van der Waals surface area contributed by atoms with Gasteiger partial charge in [0, 0.05) is 30.3 Å². The van der Waals surface area contributed by atoms with Crippen molar-refractivity contribution in [3.8, 4) is 16.9 Å². The summed E-state index contributed by atoms with van der Waals surface area (Å²) in [5.41, 5.74) is 15.1. The first-order valence-corrected chi connectivity index (χ1v) is 11.7. The van der Waals surface area contributed by atoms with Gasteiger partial charge in [0.2, 0.25) is 0 Å². The molecule has 0 unspecified atom stereocenters. The molecule has 0 saturated heterocycles. The van der Waals surface area contributed by atoms with E-state index < -0.39 is 24.5 Å². The van der Waals surface area contributed by atoms with Crippen molar-refractivity contribution in [2.24, 2.45) is 0 Å². The summed E-state index contributed by atoms with van der Waals surface area (Å²) in [4.78, 5) is 23.7. The van der Waals surface area contributed by atoms with Gasteiger partial charge in [-0.2, -0.15) is 13.2 Å². The summed E-state index contributed by atoms with van der Waals surface area (Å²) in [5, 5.41) is 9.55. The molecule has 0 fully saturated rings. The van der Waals surface area contributed by atoms with E-state index in [1.807, 2.05) is 0 Å². The van der Waals surface area contributed by atoms with E-state index in [1.54, 1.807) is 48.5 Å². The zero-order valence-corrected chi connectivity index (χ0v) is 20.3. The highest BCUT2D eigenvalue weighted by atomic mass is 19.4. The molecule has 0 saturated carbocycles. The second-order valence-electron chi connectivity index (χ2n) is 8.41. The van der Waals surface area contributed by atoms with Gasteiger partial charge in [0.25, 0.3) is 0 Å². The van der Waals surface area contributed by atoms with Crippen molar-refractivity contribution in [3.63, 3.8) is 0 Å². The molecule has 0 aliphatic rings. The van der Waals surface area contributed by atoms with Gasteiger partial charge in [-0.25, -0.2) is 9.59 Å². The minimum atomic E-state index is -4.26. The van der Waals surface area contributed by atoms with E-state index in [9.17, 15) is 27.9 Å². The fraction of sp³-hybridized carbons (Fsp3) is 0.214. The largest absolute Gasteiger partial charge is 0.494 e. The number of carbonyl (C=O) groups excluding carboxylic acids is 1. The Morgan fingerprint density at radius 3 is 2.34 bits per heavy atom. The van der Waals surface area contributed by atoms with E-state index in [0.717, 1.165) is 5.56 Å². The molecule has 5 N–H and O–H groups in total. The molecule has 38 heavy (non-hydrogen) atoms. The summed E-state index contributed by atoms with van der Waals surface area (Å²) < 4.78 is 47.6. The summed E-state index contributed by atoms with van der Waals surface area (Å²) in [6.45, 7) is -0.0125. The molecule has 0 bridgehead atoms. The Morgan fingerprint density at radius 2 is 1.68 bits per heavy atom. The topological polar surface area (TPSA) is 125 Å². The van der Waals surface area contributed by atoms with E-state index in [1.165, 1.54) is 24.3 Å². The lowest BCUT2D eigenvalue weighted by Gasteiger charge is -2.12. The highest BCUT2D eigenvalue weighted by Crippen LogP contribution is 2.29. The maximum absolute atomic E-state index is 12.3. The van der Waals surface area contributed by atoms with Crippen LogP contribution in [0, 0.1) is 0 Å². The zero-order chi connectivity index (χ0) is 27.7. The van der Waals surface area contributed by atoms with Crippen LogP contribution in [-0.2, 0) is 16.0 Å². The SMILES string of the molecule is Nc1ccc(CCOC(=O)C=Cc2ccc(-c3cc(OCCCC(F)(F)F)ccc3C(=O)O)cc2)c(N)c1. The van der Waals surface area contributed by atoms with Gasteiger partial charge in [0.15, 0.2) is 0 Å². The molecule has 0 aliphatic carbocycles. The molecule has 0 radical (unpaired) electrons. The van der Waals surface area contributed by atoms with Crippen LogP contribution in [0.2, 0.25) is 0 Å². The number of carbonyl (C=O) groups is 2. The predicted octanol–water partition coefficient (Wildman–Crippen LogP) is 5.74. The van der Waals surface area contributed by atoms with Crippen molar-refractivity contribution in [3.05, 3.63) is 83.4 Å². The number of hydrogen-bond acceptors (Lipinski definition) is 6. The smallest absolute Gasteiger partial charge is 0.389 e. The normalized spacial score (nSPS) is 11.4. The number of nitrogens with two attached hydrogens (primary N) is 2. The van der Waals surface area contributed by atoms with Crippen molar-refractivity contribution in [1.82, 2.24) is 0 Å². The maximum Gasteiger partial charge on any atom is 0.389 e. The van der Waals surface area contributed by atoms with E-state index in [-0.39, 0.29) is 30.9 Å². The number of aromatic carboxylic acids is 1. The monoisotopic (exact) mass is 528 g/mol. The molecule has 0 atom stereocenters. The number of ether oxygens (including phenoxy) is 2. The minimum absolute atomic E-state index is 0.0150. The number of rotatable bonds is 11. The molecule has 0 spiro atoms. The van der Waals surface area contributed by atoms with Gasteiger partial charge in [-0.15, -0.1) is 0 Å². The van der Waals surface area contributed by atoms with E-state index >= 15 is 0 Å². The van der Waals surface area contributed by atoms with Crippen LogP contribution in [-0.4, -0.2) is 36.4 Å². The van der Waals surface area contributed by atoms with Crippen molar-refractivity contribution in [1.29, 1.82) is 0 Å². The number of halogens is 3. The number of carboxylic acids is 1. The fourth-order valence-corrected chi connectivity index (χ4v) is 3.59. The Kier molecular flexibility index (Phi) is 9.37. The average molecular weight is 529 g/mol. The summed E-state index contributed by atoms with van der Waals surface area (Å²) >= 11 is 0. The number of benzene rings is 3. The Morgan fingerprint density at radius 1 is 0.947 bits per heavy atom. The van der Waals surface area contributed by atoms with Gasteiger partial charge in [-0.05, 0) is 65.1 Å². The van der Waals surface area contributed by atoms with Crippen LogP contribution in [0.1, 0.15) is 34.3 Å². The number of esters is 1. The van der Waals surface area contributed by atoms with Crippen LogP contribution in [0.4, 0.5) is 24.5 Å². The Bertz CT molecular complexity index is 1300. The zero-order valence-electron chi connectivity index (χ0n) is 20.3. The third-order valence-corrected chi connectivity index (χ3v) is 5.51. The lowest BCUT2D eigenvalue weighted by molar-refractivity contribution is -0.138. The third kappa shape index (κ3) is 8.58. The van der Waals surface area contributed by atoms with Gasteiger partial charge >= 0.3 is 18.1 Å². The number of nitrogen functional groups attached to an aromatic ring is 2. The van der Waals surface area contributed by atoms with E-state index in [4.69, 9.17) is 20.9 Å². The molecule has 3 aromatic carbocycles. The van der Waals surface area contributed by atoms with Crippen LogP contribution in [0.5, 0.6) is 5.75 Å². The molecule has 3 rings (SSSR count). The van der Waals surface area contributed by atoms with E-state index in [2.05, 4.69) is 0 Å². The predicted molar refractivity (Wildman–Crippen MR) is 139 cm³/mol. The van der Waals surface area contributed by atoms with Crippen LogP contribution in [0.15, 0.2) is 66.7 Å². The molecule has 0 amide bonds. The minimum Gasteiger partial charge on any atom is -0.494 e. The molecule has 7 nitrogen and oxygen atoms in total. The van der Waals surface area contributed by atoms with Crippen molar-refractivity contribution < 1.29 is 37.3 Å². The lowest BCUT2D eigenvalue weighted by atomic mass is 9.98. The van der Waals surface area contributed by atoms with Gasteiger partial charge in [0.05, 0.1) is 18.8 Å². The number of hydrogen-bond donors (Lipinski definition) is 3. The third-order valence-electron chi connectivity index (χ3n) is 5.51. The van der Waals surface area contributed by atoms with Crippen LogP contribution >= 0.6 is 0 Å². The lowest BCUT2D eigenvalue weighted by Crippen LogP contribution is -2.10. The Balaban J connectivity index is 1.60. The number of carboxylic acid groups (broad SMARTS) is 1. The summed E-state index contributed by atoms with van der Waals surface area (Å²) in [6.07, 6.45) is -2.16. The first-order chi connectivity index (χ1) is 18.0. The summed E-state index contributed by atoms with van der Waals surface area (Å²) in [7, 11) is 0. The highest BCUT2D eigenvalue weighted by Gasteiger charge is 2.26. The van der Waals surface area contributed by atoms with Crippen LogP contribution < -0.4 is 16.2 Å². The molecule has 3 aromatic rings. The van der Waals surface area contributed by atoms with Crippen LogP contribution in [0.3, 0.4) is 0 Å². The first kappa shape index (κ1) is 28.1. The van der Waals surface area contributed by atoms with E-state index in [0.29, 0.717) is 34.5 Å². The molecular formula is C28H27F3N2O5. The number of anilines is 2. The summed E-state index contributed by atoms with van der Waals surface area (Å²) in [6, 6.07) is 16.1. The van der Waals surface area contributed by atoms with Crippen molar-refractivity contribution in [2.45, 2.75) is 25.4 Å². The van der Waals surface area contributed by atoms with Gasteiger partial charge in [0.1, 0.15) is 5.75 Å². The van der Waals surface area contributed by atoms with Gasteiger partial charge in [-0.3, -0.25) is 0 Å². The fourth-order valence-electron chi connectivity index (χ4n) is 3.59. The standard InChI is InChI=1S/C28H27F3N2O5/c29-28(30,31)13-1-14-37-22-9-10-23(27(35)36)24(17-22)19-5-2-18(3-6-19)4-11-26(34)38-15-12-20-7-8-21(32)16-25(20)33/h2-11,16-17H,1,12-15,32-33H2,(H,35,36). The second kappa shape index (κ2) is 12.7. The Labute approximate surface area is 217 Å². The summed E-state index contributed by atoms with van der Waals surface area (Å²) in [5.74, 6) is -1.43. The molecule has 0 heterocycles. The van der Waals surface area contributed by atoms with Gasteiger partial charge < -0.3 is 26.0 Å². The maximum atomic E-state index is 12.3. The first-order valence-electron chi connectivity index (χ1n) is 11.7. The second-order valence-corrected chi connectivity index (χ2v) is 8.41. The molecular weight excluding hydrogens is 501 g/mol. The van der Waals surface area contributed by atoms with Gasteiger partial charge in [-0.1, -0.05) is 30.3 Å². The molecule has 0 aliphatic heterocycles. The Hall–Kier alpha value is -4.47. The van der Waals surface area contributed by atoms with Crippen molar-refractivity contribution in [2.75, 3.05) is 24.7 Å². The molecule has 10 heteroatoms. The molecule has 200 valence electrons. The highest BCUT2D eigenvalue weighted by molar-refractivity contribution is 5.96. The van der Waals surface area contributed by atoms with Crippen molar-refractivity contribution >= 4 is 29.4 Å². The van der Waals surface area contributed by atoms with Crippen LogP contribution in [0.25, 0.3) is 17.2 Å². The quantitative estimate of drug-likeness (QED) is 0.125. The average Bonchev–Trinajstić information content (AvgIpc) is 2.86. The molecule has 0 aromatic heterocycles.